The van der Waals surface area contributed by atoms with Gasteiger partial charge in [-0.05, 0) is 35.3 Å². The Hall–Kier alpha value is -0.850. The molecular weight excluding hydrogens is 314 g/mol. The zero-order chi connectivity index (χ0) is 14.3. The molecule has 1 aromatic heterocycles. The van der Waals surface area contributed by atoms with Crippen LogP contribution >= 0.6 is 15.9 Å². The minimum atomic E-state index is -0.114. The van der Waals surface area contributed by atoms with Gasteiger partial charge in [-0.15, -0.1) is 0 Å². The standard InChI is InChI=1S/C13H20BrNO4/c1-10-9-11(14)19-12(10)13(16)15(6-8-18-3)5-4-7-17-2/h9H,4-8H2,1-3H3. The first kappa shape index (κ1) is 16.2. The average Bonchev–Trinajstić information content (AvgIpc) is 2.72. The number of ether oxygens (including phenoxy) is 2. The predicted molar refractivity (Wildman–Crippen MR) is 75.4 cm³/mol. The van der Waals surface area contributed by atoms with Crippen LogP contribution in [0.4, 0.5) is 0 Å². The molecule has 1 heterocycles. The van der Waals surface area contributed by atoms with Crippen molar-refractivity contribution in [2.75, 3.05) is 40.5 Å². The number of carbonyl (C=O) groups excluding carboxylic acids is 1. The second-order valence-corrected chi connectivity index (χ2v) is 4.98. The highest BCUT2D eigenvalue weighted by Crippen LogP contribution is 2.21. The fraction of sp³-hybridized carbons (Fsp3) is 0.615. The number of rotatable bonds is 8. The van der Waals surface area contributed by atoms with E-state index in [4.69, 9.17) is 13.9 Å². The summed E-state index contributed by atoms with van der Waals surface area (Å²) in [5, 5.41) is 0. The number of furan rings is 1. The lowest BCUT2D eigenvalue weighted by molar-refractivity contribution is 0.0641. The average molecular weight is 334 g/mol. The van der Waals surface area contributed by atoms with Gasteiger partial charge in [0.1, 0.15) is 0 Å². The van der Waals surface area contributed by atoms with Crippen LogP contribution in [0.3, 0.4) is 0 Å². The van der Waals surface area contributed by atoms with Gasteiger partial charge in [0.2, 0.25) is 0 Å². The topological polar surface area (TPSA) is 51.9 Å². The molecule has 1 amide bonds. The molecule has 19 heavy (non-hydrogen) atoms. The van der Waals surface area contributed by atoms with Gasteiger partial charge < -0.3 is 18.8 Å². The van der Waals surface area contributed by atoms with Gasteiger partial charge in [0.25, 0.3) is 5.91 Å². The molecule has 0 atom stereocenters. The Bertz CT molecular complexity index is 405. The maximum Gasteiger partial charge on any atom is 0.289 e. The Morgan fingerprint density at radius 1 is 1.32 bits per heavy atom. The zero-order valence-corrected chi connectivity index (χ0v) is 13.2. The first-order valence-electron chi connectivity index (χ1n) is 6.13. The monoisotopic (exact) mass is 333 g/mol. The molecule has 0 aromatic carbocycles. The fourth-order valence-electron chi connectivity index (χ4n) is 1.72. The van der Waals surface area contributed by atoms with Gasteiger partial charge in [0.15, 0.2) is 10.4 Å². The van der Waals surface area contributed by atoms with Crippen LogP contribution in [0, 0.1) is 6.92 Å². The third kappa shape index (κ3) is 4.97. The molecule has 0 spiro atoms. The molecular formula is C13H20BrNO4. The van der Waals surface area contributed by atoms with Gasteiger partial charge in [-0.1, -0.05) is 0 Å². The summed E-state index contributed by atoms with van der Waals surface area (Å²) in [7, 11) is 3.27. The number of methoxy groups -OCH3 is 2. The number of amides is 1. The molecule has 0 aliphatic heterocycles. The molecule has 0 aliphatic rings. The van der Waals surface area contributed by atoms with E-state index in [1.165, 1.54) is 0 Å². The van der Waals surface area contributed by atoms with Crippen molar-refractivity contribution in [2.45, 2.75) is 13.3 Å². The van der Waals surface area contributed by atoms with Gasteiger partial charge in [-0.3, -0.25) is 4.79 Å². The van der Waals surface area contributed by atoms with Crippen LogP contribution in [0.2, 0.25) is 0 Å². The zero-order valence-electron chi connectivity index (χ0n) is 11.6. The third-order valence-electron chi connectivity index (χ3n) is 2.71. The van der Waals surface area contributed by atoms with E-state index in [-0.39, 0.29) is 5.91 Å². The minimum Gasteiger partial charge on any atom is -0.444 e. The summed E-state index contributed by atoms with van der Waals surface area (Å²) in [5.41, 5.74) is 0.825. The lowest BCUT2D eigenvalue weighted by Crippen LogP contribution is -2.35. The predicted octanol–water partition coefficient (Wildman–Crippen LogP) is 2.48. The van der Waals surface area contributed by atoms with Gasteiger partial charge in [0.05, 0.1) is 6.61 Å². The number of nitrogens with zero attached hydrogens (tertiary/aromatic N) is 1. The normalized spacial score (nSPS) is 10.7. The molecule has 1 rings (SSSR count). The van der Waals surface area contributed by atoms with Crippen molar-refractivity contribution in [1.82, 2.24) is 4.90 Å². The summed E-state index contributed by atoms with van der Waals surface area (Å²) in [6.07, 6.45) is 0.785. The van der Waals surface area contributed by atoms with Gasteiger partial charge in [-0.2, -0.15) is 0 Å². The fourth-order valence-corrected chi connectivity index (χ4v) is 2.22. The Balaban J connectivity index is 2.72. The minimum absolute atomic E-state index is 0.114. The Morgan fingerprint density at radius 3 is 2.53 bits per heavy atom. The van der Waals surface area contributed by atoms with Gasteiger partial charge in [-0.25, -0.2) is 0 Å². The number of hydrogen-bond donors (Lipinski definition) is 0. The summed E-state index contributed by atoms with van der Waals surface area (Å²) in [5.74, 6) is 0.261. The molecule has 0 saturated heterocycles. The second kappa shape index (κ2) is 8.35. The number of aryl methyl sites for hydroxylation is 1. The summed E-state index contributed by atoms with van der Waals surface area (Å²) < 4.78 is 16.0. The smallest absolute Gasteiger partial charge is 0.289 e. The highest BCUT2D eigenvalue weighted by atomic mass is 79.9. The number of carbonyl (C=O) groups is 1. The first-order valence-corrected chi connectivity index (χ1v) is 6.92. The van der Waals surface area contributed by atoms with E-state index in [1.807, 2.05) is 6.92 Å². The van der Waals surface area contributed by atoms with Crippen LogP contribution in [0.5, 0.6) is 0 Å². The molecule has 0 unspecified atom stereocenters. The van der Waals surface area contributed by atoms with E-state index in [1.54, 1.807) is 25.2 Å². The number of halogens is 1. The molecule has 0 bridgehead atoms. The molecule has 108 valence electrons. The molecule has 0 fully saturated rings. The summed E-state index contributed by atoms with van der Waals surface area (Å²) in [6.45, 7) is 4.13. The maximum absolute atomic E-state index is 12.4. The van der Waals surface area contributed by atoms with Crippen molar-refractivity contribution < 1.29 is 18.7 Å². The van der Waals surface area contributed by atoms with Crippen molar-refractivity contribution in [3.8, 4) is 0 Å². The van der Waals surface area contributed by atoms with Gasteiger partial charge in [0, 0.05) is 39.5 Å². The molecule has 1 aromatic rings. The first-order chi connectivity index (χ1) is 9.10. The maximum atomic E-state index is 12.4. The van der Waals surface area contributed by atoms with Crippen LogP contribution < -0.4 is 0 Å². The Morgan fingerprint density at radius 2 is 2.00 bits per heavy atom. The Kier molecular flexibility index (Phi) is 7.12. The SMILES string of the molecule is COCCCN(CCOC)C(=O)c1oc(Br)cc1C. The van der Waals surface area contributed by atoms with E-state index in [2.05, 4.69) is 15.9 Å². The highest BCUT2D eigenvalue weighted by Gasteiger charge is 2.21. The largest absolute Gasteiger partial charge is 0.444 e. The second-order valence-electron chi connectivity index (χ2n) is 4.19. The number of hydrogen-bond acceptors (Lipinski definition) is 4. The lowest BCUT2D eigenvalue weighted by Gasteiger charge is -2.21. The van der Waals surface area contributed by atoms with E-state index < -0.39 is 0 Å². The molecule has 0 radical (unpaired) electrons. The summed E-state index contributed by atoms with van der Waals surface area (Å²) >= 11 is 3.23. The van der Waals surface area contributed by atoms with E-state index >= 15 is 0 Å². The van der Waals surface area contributed by atoms with Crippen molar-refractivity contribution in [3.63, 3.8) is 0 Å². The quantitative estimate of drug-likeness (QED) is 0.686. The molecule has 0 saturated carbocycles. The van der Waals surface area contributed by atoms with Crippen molar-refractivity contribution in [2.24, 2.45) is 0 Å². The molecule has 5 nitrogen and oxygen atoms in total. The highest BCUT2D eigenvalue weighted by molar-refractivity contribution is 9.10. The van der Waals surface area contributed by atoms with Crippen LogP contribution in [0.25, 0.3) is 0 Å². The van der Waals surface area contributed by atoms with Crippen LogP contribution in [0.1, 0.15) is 22.5 Å². The molecule has 6 heteroatoms. The van der Waals surface area contributed by atoms with Crippen molar-refractivity contribution >= 4 is 21.8 Å². The van der Waals surface area contributed by atoms with Crippen LogP contribution in [0.15, 0.2) is 15.2 Å². The van der Waals surface area contributed by atoms with Crippen molar-refractivity contribution in [1.29, 1.82) is 0 Å². The summed E-state index contributed by atoms with van der Waals surface area (Å²) in [6, 6.07) is 1.79. The summed E-state index contributed by atoms with van der Waals surface area (Å²) in [4.78, 5) is 14.1. The molecule has 0 N–H and O–H groups in total. The van der Waals surface area contributed by atoms with E-state index in [9.17, 15) is 4.79 Å². The van der Waals surface area contributed by atoms with E-state index in [0.29, 0.717) is 36.7 Å². The van der Waals surface area contributed by atoms with Gasteiger partial charge >= 0.3 is 0 Å². The van der Waals surface area contributed by atoms with Crippen LogP contribution in [-0.2, 0) is 9.47 Å². The third-order valence-corrected chi connectivity index (χ3v) is 3.10. The van der Waals surface area contributed by atoms with Crippen molar-refractivity contribution in [3.05, 3.63) is 22.1 Å². The Labute approximate surface area is 122 Å². The lowest BCUT2D eigenvalue weighted by atomic mass is 10.2. The van der Waals surface area contributed by atoms with E-state index in [0.717, 1.165) is 12.0 Å². The van der Waals surface area contributed by atoms with Crippen LogP contribution in [-0.4, -0.2) is 51.3 Å². The molecule has 0 aliphatic carbocycles.